The highest BCUT2D eigenvalue weighted by atomic mass is 32.1. The molecule has 2 N–H and O–H groups in total. The summed E-state index contributed by atoms with van der Waals surface area (Å²) in [4.78, 5) is 34.1. The summed E-state index contributed by atoms with van der Waals surface area (Å²) in [5, 5.41) is 15.9. The number of nitriles is 1. The van der Waals surface area contributed by atoms with E-state index in [1.54, 1.807) is 13.0 Å². The highest BCUT2D eigenvalue weighted by Crippen LogP contribution is 2.66. The molecule has 3 saturated carbocycles. The molecule has 1 aromatic heterocycles. The highest BCUT2D eigenvalue weighted by molar-refractivity contribution is 7.22. The number of carbonyl (C=O) groups is 2. The number of aromatic nitrogens is 1. The van der Waals surface area contributed by atoms with E-state index in [0.29, 0.717) is 54.0 Å². The molecule has 11 heteroatoms. The van der Waals surface area contributed by atoms with Crippen molar-refractivity contribution in [3.63, 3.8) is 0 Å². The van der Waals surface area contributed by atoms with Gasteiger partial charge in [0.05, 0.1) is 65.4 Å². The Labute approximate surface area is 227 Å². The van der Waals surface area contributed by atoms with Crippen LogP contribution in [0, 0.1) is 29.5 Å². The SMILES string of the molecule is COc1ccc2nc(N3C4COCC3C4)sc2c1C(=O)Nc1cc(F)c(C)cc1C(=O)NC12CC(C#N)(C1)C2. The average molecular weight is 548 g/mol. The van der Waals surface area contributed by atoms with E-state index in [1.807, 2.05) is 6.07 Å². The summed E-state index contributed by atoms with van der Waals surface area (Å²) in [7, 11) is 1.49. The molecule has 0 radical (unpaired) electrons. The summed E-state index contributed by atoms with van der Waals surface area (Å²) >= 11 is 1.41. The smallest absolute Gasteiger partial charge is 0.260 e. The lowest BCUT2D eigenvalue weighted by molar-refractivity contribution is -0.102. The summed E-state index contributed by atoms with van der Waals surface area (Å²) in [5.41, 5.74) is 0.749. The van der Waals surface area contributed by atoms with Gasteiger partial charge in [0.15, 0.2) is 5.13 Å². The largest absolute Gasteiger partial charge is 0.496 e. The van der Waals surface area contributed by atoms with E-state index in [9.17, 15) is 19.2 Å². The molecule has 3 aliphatic carbocycles. The third kappa shape index (κ3) is 3.62. The maximum absolute atomic E-state index is 14.7. The van der Waals surface area contributed by atoms with E-state index in [4.69, 9.17) is 14.5 Å². The molecule has 2 aliphatic heterocycles. The van der Waals surface area contributed by atoms with E-state index in [1.165, 1.54) is 30.6 Å². The zero-order valence-corrected chi connectivity index (χ0v) is 22.3. The number of halogens is 1. The molecule has 3 heterocycles. The van der Waals surface area contributed by atoms with Crippen LogP contribution in [0.25, 0.3) is 10.2 Å². The standard InChI is InChI=1S/C28H26FN5O4S/c1-14-5-17(24(35)33-28-10-27(11-28,12-28)13-30)20(7-18(14)29)31-25(36)22-21(37-2)4-3-19-23(22)39-26(32-19)34-15-6-16(34)9-38-8-15/h3-5,7,15-16H,6,8-12H2,1-2H3,(H,31,36)(H,33,35). The lowest BCUT2D eigenvalue weighted by Gasteiger charge is -2.66. The van der Waals surface area contributed by atoms with Crippen LogP contribution in [0.15, 0.2) is 24.3 Å². The number of ether oxygens (including phenoxy) is 2. The van der Waals surface area contributed by atoms with Crippen LogP contribution >= 0.6 is 11.3 Å². The van der Waals surface area contributed by atoms with Crippen molar-refractivity contribution in [2.24, 2.45) is 5.41 Å². The monoisotopic (exact) mass is 547 g/mol. The number of rotatable bonds is 6. The maximum Gasteiger partial charge on any atom is 0.260 e. The fraction of sp³-hybridized carbons (Fsp3) is 0.429. The lowest BCUT2D eigenvalue weighted by Crippen LogP contribution is -2.74. The molecule has 2 aromatic carbocycles. The van der Waals surface area contributed by atoms with Crippen molar-refractivity contribution in [2.75, 3.05) is 30.5 Å². The Bertz CT molecular complexity index is 1580. The first-order valence-electron chi connectivity index (χ1n) is 12.9. The molecule has 2 unspecified atom stereocenters. The van der Waals surface area contributed by atoms with Gasteiger partial charge in [0.1, 0.15) is 17.1 Å². The van der Waals surface area contributed by atoms with Gasteiger partial charge in [0, 0.05) is 5.54 Å². The van der Waals surface area contributed by atoms with E-state index >= 15 is 0 Å². The number of aryl methyl sites for hydroxylation is 1. The van der Waals surface area contributed by atoms with Gasteiger partial charge >= 0.3 is 0 Å². The molecular formula is C28H26FN5O4S. The fourth-order valence-corrected chi connectivity index (χ4v) is 7.86. The number of hydrogen-bond acceptors (Lipinski definition) is 8. The maximum atomic E-state index is 14.7. The zero-order valence-electron chi connectivity index (χ0n) is 21.5. The molecule has 9 nitrogen and oxygen atoms in total. The van der Waals surface area contributed by atoms with Crippen molar-refractivity contribution < 1.29 is 23.5 Å². The number of amides is 2. The molecule has 5 aliphatic rings. The molecule has 2 saturated heterocycles. The number of morpholine rings is 1. The molecule has 8 rings (SSSR count). The number of fused-ring (bicyclic) bond motifs is 3. The number of nitrogens with one attached hydrogen (secondary N) is 2. The Morgan fingerprint density at radius 2 is 1.97 bits per heavy atom. The van der Waals surface area contributed by atoms with Crippen LogP contribution in [0.4, 0.5) is 15.2 Å². The van der Waals surface area contributed by atoms with E-state index < -0.39 is 23.2 Å². The first-order chi connectivity index (χ1) is 18.7. The number of anilines is 2. The van der Waals surface area contributed by atoms with Crippen molar-refractivity contribution in [1.82, 2.24) is 10.3 Å². The minimum Gasteiger partial charge on any atom is -0.496 e. The van der Waals surface area contributed by atoms with E-state index in [2.05, 4.69) is 21.6 Å². The molecule has 2 amide bonds. The van der Waals surface area contributed by atoms with E-state index in [-0.39, 0.29) is 34.3 Å². The summed E-state index contributed by atoms with van der Waals surface area (Å²) in [6.45, 7) is 2.89. The minimum atomic E-state index is -0.535. The Kier molecular flexibility index (Phi) is 5.22. The van der Waals surface area contributed by atoms with Crippen molar-refractivity contribution in [2.45, 2.75) is 50.2 Å². The van der Waals surface area contributed by atoms with Crippen LogP contribution in [-0.2, 0) is 4.74 Å². The molecule has 2 atom stereocenters. The summed E-state index contributed by atoms with van der Waals surface area (Å²) in [5.74, 6) is -1.10. The number of hydrogen-bond donors (Lipinski definition) is 2. The van der Waals surface area contributed by atoms with Crippen LogP contribution < -0.4 is 20.3 Å². The van der Waals surface area contributed by atoms with Gasteiger partial charge in [-0.25, -0.2) is 9.37 Å². The first kappa shape index (κ1) is 24.3. The Hall–Kier alpha value is -3.75. The normalized spacial score (nSPS) is 28.0. The minimum absolute atomic E-state index is 0.0698. The molecule has 4 bridgehead atoms. The average Bonchev–Trinajstić information content (AvgIpc) is 3.29. The zero-order chi connectivity index (χ0) is 27.1. The summed E-state index contributed by atoms with van der Waals surface area (Å²) in [6.07, 6.45) is 2.90. The number of nitrogens with zero attached hydrogens (tertiary/aromatic N) is 3. The highest BCUT2D eigenvalue weighted by Gasteiger charge is 2.69. The van der Waals surface area contributed by atoms with Gasteiger partial charge in [-0.3, -0.25) is 9.59 Å². The third-order valence-corrected chi connectivity index (χ3v) is 9.67. The number of thiazole rings is 1. The number of benzene rings is 2. The predicted molar refractivity (Wildman–Crippen MR) is 143 cm³/mol. The van der Waals surface area contributed by atoms with Crippen molar-refractivity contribution in [1.29, 1.82) is 5.26 Å². The predicted octanol–water partition coefficient (Wildman–Crippen LogP) is 4.16. The van der Waals surface area contributed by atoms with Crippen LogP contribution in [0.5, 0.6) is 5.75 Å². The third-order valence-electron chi connectivity index (χ3n) is 8.57. The van der Waals surface area contributed by atoms with Gasteiger partial charge in [-0.05, 0) is 62.4 Å². The van der Waals surface area contributed by atoms with Crippen molar-refractivity contribution in [3.05, 3.63) is 46.8 Å². The van der Waals surface area contributed by atoms with Gasteiger partial charge < -0.3 is 25.0 Å². The molecular weight excluding hydrogens is 521 g/mol. The lowest BCUT2D eigenvalue weighted by atomic mass is 9.40. The Morgan fingerprint density at radius 3 is 2.64 bits per heavy atom. The summed E-state index contributed by atoms with van der Waals surface area (Å²) in [6, 6.07) is 9.01. The van der Waals surface area contributed by atoms with Crippen LogP contribution in [0.1, 0.15) is 52.0 Å². The second kappa shape index (κ2) is 8.37. The Morgan fingerprint density at radius 1 is 1.23 bits per heavy atom. The van der Waals surface area contributed by atoms with Gasteiger partial charge in [-0.15, -0.1) is 0 Å². The molecule has 39 heavy (non-hydrogen) atoms. The van der Waals surface area contributed by atoms with E-state index in [0.717, 1.165) is 11.6 Å². The fourth-order valence-electron chi connectivity index (χ4n) is 6.61. The van der Waals surface area contributed by atoms with Crippen LogP contribution in [0.3, 0.4) is 0 Å². The van der Waals surface area contributed by atoms with Gasteiger partial charge in [0.2, 0.25) is 0 Å². The van der Waals surface area contributed by atoms with Crippen molar-refractivity contribution >= 4 is 44.2 Å². The number of carbonyl (C=O) groups excluding carboxylic acids is 2. The molecule has 5 fully saturated rings. The quantitative estimate of drug-likeness (QED) is 0.476. The van der Waals surface area contributed by atoms with Crippen LogP contribution in [-0.4, -0.2) is 54.7 Å². The second-order valence-electron chi connectivity index (χ2n) is 11.2. The first-order valence-corrected chi connectivity index (χ1v) is 13.7. The second-order valence-corrected chi connectivity index (χ2v) is 12.2. The van der Waals surface area contributed by atoms with Crippen LogP contribution in [0.2, 0.25) is 0 Å². The van der Waals surface area contributed by atoms with Gasteiger partial charge in [-0.1, -0.05) is 11.3 Å². The topological polar surface area (TPSA) is 117 Å². The molecule has 0 spiro atoms. The Balaban J connectivity index is 1.20. The summed E-state index contributed by atoms with van der Waals surface area (Å²) < 4.78 is 26.5. The molecule has 3 aromatic rings. The van der Waals surface area contributed by atoms with Crippen molar-refractivity contribution in [3.8, 4) is 11.8 Å². The van der Waals surface area contributed by atoms with Gasteiger partial charge in [-0.2, -0.15) is 5.26 Å². The number of methoxy groups -OCH3 is 1. The van der Waals surface area contributed by atoms with Gasteiger partial charge in [0.25, 0.3) is 11.8 Å². The molecule has 200 valence electrons.